The van der Waals surface area contributed by atoms with Crippen LogP contribution in [0.2, 0.25) is 0 Å². The summed E-state index contributed by atoms with van der Waals surface area (Å²) < 4.78 is 2.23. The third-order valence-electron chi connectivity index (χ3n) is 4.16. The highest BCUT2D eigenvalue weighted by molar-refractivity contribution is 5.35. The summed E-state index contributed by atoms with van der Waals surface area (Å²) in [6, 6.07) is 10.7. The number of imidazole rings is 1. The number of nitrogens with zero attached hydrogens (tertiary/aromatic N) is 3. The van der Waals surface area contributed by atoms with Crippen LogP contribution < -0.4 is 5.73 Å². The van der Waals surface area contributed by atoms with E-state index >= 15 is 0 Å². The van der Waals surface area contributed by atoms with Crippen LogP contribution in [0.4, 0.5) is 0 Å². The van der Waals surface area contributed by atoms with Crippen molar-refractivity contribution in [3.05, 3.63) is 48.0 Å². The topological polar surface area (TPSA) is 47.1 Å². The van der Waals surface area contributed by atoms with Gasteiger partial charge in [0.25, 0.3) is 0 Å². The van der Waals surface area contributed by atoms with E-state index in [4.69, 9.17) is 5.73 Å². The minimum absolute atomic E-state index is 0.296. The van der Waals surface area contributed by atoms with E-state index < -0.39 is 0 Å². The zero-order valence-electron chi connectivity index (χ0n) is 12.2. The van der Waals surface area contributed by atoms with Gasteiger partial charge in [-0.2, -0.15) is 0 Å². The van der Waals surface area contributed by atoms with Crippen molar-refractivity contribution in [3.8, 4) is 5.69 Å². The Bertz CT molecular complexity index is 565. The van der Waals surface area contributed by atoms with Crippen LogP contribution in [0, 0.1) is 12.8 Å². The molecule has 20 heavy (non-hydrogen) atoms. The second kappa shape index (κ2) is 5.38. The molecule has 2 aromatic rings. The number of aryl methyl sites for hydroxylation is 1. The molecule has 0 amide bonds. The van der Waals surface area contributed by atoms with Crippen LogP contribution in [-0.2, 0) is 6.54 Å². The number of hydrogen-bond acceptors (Lipinski definition) is 3. The lowest BCUT2D eigenvalue weighted by molar-refractivity contribution is 0.313. The lowest BCUT2D eigenvalue weighted by atomic mass is 10.1. The molecule has 0 spiro atoms. The molecule has 1 aromatic heterocycles. The maximum absolute atomic E-state index is 6.11. The van der Waals surface area contributed by atoms with Crippen molar-refractivity contribution in [2.24, 2.45) is 11.7 Å². The number of likely N-dealkylation sites (tertiary alicyclic amines) is 1. The minimum atomic E-state index is 0.296. The van der Waals surface area contributed by atoms with Crippen LogP contribution >= 0.6 is 0 Å². The van der Waals surface area contributed by atoms with Crippen LogP contribution in [0.5, 0.6) is 0 Å². The van der Waals surface area contributed by atoms with E-state index in [9.17, 15) is 0 Å². The summed E-state index contributed by atoms with van der Waals surface area (Å²) in [5, 5.41) is 0. The number of hydrogen-bond donors (Lipinski definition) is 1. The first-order valence-corrected chi connectivity index (χ1v) is 7.21. The summed E-state index contributed by atoms with van der Waals surface area (Å²) in [4.78, 5) is 6.90. The number of rotatable bonds is 3. The van der Waals surface area contributed by atoms with E-state index in [1.807, 2.05) is 12.3 Å². The molecule has 2 N–H and O–H groups in total. The van der Waals surface area contributed by atoms with Gasteiger partial charge in [-0.05, 0) is 25.0 Å². The zero-order chi connectivity index (χ0) is 14.1. The molecule has 1 aliphatic heterocycles. The summed E-state index contributed by atoms with van der Waals surface area (Å²) in [6.07, 6.45) is 1.98. The van der Waals surface area contributed by atoms with Gasteiger partial charge in [0.05, 0.1) is 11.9 Å². The molecule has 2 unspecified atom stereocenters. The predicted octanol–water partition coefficient (Wildman–Crippen LogP) is 1.96. The molecule has 0 aliphatic carbocycles. The first-order chi connectivity index (χ1) is 9.65. The van der Waals surface area contributed by atoms with Gasteiger partial charge in [-0.15, -0.1) is 0 Å². The number of benzene rings is 1. The van der Waals surface area contributed by atoms with Crippen LogP contribution in [0.1, 0.15) is 18.4 Å². The number of nitrogens with two attached hydrogens (primary N) is 1. The van der Waals surface area contributed by atoms with Gasteiger partial charge in [0.2, 0.25) is 0 Å². The smallest absolute Gasteiger partial charge is 0.110 e. The van der Waals surface area contributed by atoms with Crippen LogP contribution in [0.15, 0.2) is 36.5 Å². The Morgan fingerprint density at radius 3 is 2.65 bits per heavy atom. The molecule has 4 nitrogen and oxygen atoms in total. The van der Waals surface area contributed by atoms with E-state index in [1.165, 1.54) is 11.4 Å². The van der Waals surface area contributed by atoms with E-state index in [0.717, 1.165) is 25.5 Å². The highest BCUT2D eigenvalue weighted by atomic mass is 15.2. The molecule has 0 bridgehead atoms. The fourth-order valence-corrected chi connectivity index (χ4v) is 2.99. The highest BCUT2D eigenvalue weighted by Gasteiger charge is 2.27. The number of aromatic nitrogens is 2. The van der Waals surface area contributed by atoms with E-state index in [2.05, 4.69) is 52.6 Å². The van der Waals surface area contributed by atoms with Crippen molar-refractivity contribution in [1.29, 1.82) is 0 Å². The fraction of sp³-hybridized carbons (Fsp3) is 0.438. The third kappa shape index (κ3) is 2.49. The molecule has 2 heterocycles. The molecule has 1 aromatic carbocycles. The number of para-hydroxylation sites is 1. The quantitative estimate of drug-likeness (QED) is 0.927. The largest absolute Gasteiger partial charge is 0.326 e. The van der Waals surface area contributed by atoms with Gasteiger partial charge in [-0.1, -0.05) is 25.1 Å². The predicted molar refractivity (Wildman–Crippen MR) is 80.7 cm³/mol. The van der Waals surface area contributed by atoms with Crippen LogP contribution in [-0.4, -0.2) is 33.6 Å². The molecule has 106 valence electrons. The molecule has 3 rings (SSSR count). The van der Waals surface area contributed by atoms with Gasteiger partial charge in [-0.25, -0.2) is 4.98 Å². The van der Waals surface area contributed by atoms with Crippen molar-refractivity contribution >= 4 is 0 Å². The van der Waals surface area contributed by atoms with Crippen molar-refractivity contribution < 1.29 is 0 Å². The Hall–Kier alpha value is -1.65. The molecule has 1 aliphatic rings. The standard InChI is InChI=1S/C16H22N4/c1-12-9-19(11-16(12)17)10-15-8-18-13(2)20(15)14-6-4-3-5-7-14/h3-8,12,16H,9-11,17H2,1-2H3. The summed E-state index contributed by atoms with van der Waals surface area (Å²) in [7, 11) is 0. The second-order valence-electron chi connectivity index (χ2n) is 5.80. The summed E-state index contributed by atoms with van der Waals surface area (Å²) in [6.45, 7) is 7.23. The monoisotopic (exact) mass is 270 g/mol. The average molecular weight is 270 g/mol. The van der Waals surface area contributed by atoms with Crippen molar-refractivity contribution in [2.45, 2.75) is 26.4 Å². The SMILES string of the molecule is Cc1ncc(CN2CC(C)C(N)C2)n1-c1ccccc1. The van der Waals surface area contributed by atoms with Gasteiger partial charge in [-0.3, -0.25) is 9.47 Å². The van der Waals surface area contributed by atoms with Crippen LogP contribution in [0.3, 0.4) is 0 Å². The molecule has 1 fully saturated rings. The molecule has 1 saturated heterocycles. The maximum Gasteiger partial charge on any atom is 0.110 e. The molecule has 4 heteroatoms. The van der Waals surface area contributed by atoms with E-state index in [1.54, 1.807) is 0 Å². The first kappa shape index (κ1) is 13.3. The lowest BCUT2D eigenvalue weighted by Crippen LogP contribution is -2.28. The Morgan fingerprint density at radius 1 is 1.25 bits per heavy atom. The molecule has 0 radical (unpaired) electrons. The molecular weight excluding hydrogens is 248 g/mol. The minimum Gasteiger partial charge on any atom is -0.326 e. The van der Waals surface area contributed by atoms with E-state index in [-0.39, 0.29) is 0 Å². The Labute approximate surface area is 120 Å². The van der Waals surface area contributed by atoms with Crippen LogP contribution in [0.25, 0.3) is 5.69 Å². The fourth-order valence-electron chi connectivity index (χ4n) is 2.99. The Kier molecular flexibility index (Phi) is 3.59. The highest BCUT2D eigenvalue weighted by Crippen LogP contribution is 2.20. The van der Waals surface area contributed by atoms with Crippen molar-refractivity contribution in [3.63, 3.8) is 0 Å². The van der Waals surface area contributed by atoms with Gasteiger partial charge >= 0.3 is 0 Å². The normalized spacial score (nSPS) is 23.4. The van der Waals surface area contributed by atoms with Gasteiger partial charge in [0.1, 0.15) is 5.82 Å². The molecule has 2 atom stereocenters. The van der Waals surface area contributed by atoms with Crippen molar-refractivity contribution in [2.75, 3.05) is 13.1 Å². The molecular formula is C16H22N4. The van der Waals surface area contributed by atoms with Crippen molar-refractivity contribution in [1.82, 2.24) is 14.5 Å². The first-order valence-electron chi connectivity index (χ1n) is 7.21. The average Bonchev–Trinajstić information content (AvgIpc) is 2.95. The van der Waals surface area contributed by atoms with Gasteiger partial charge in [0.15, 0.2) is 0 Å². The van der Waals surface area contributed by atoms with Gasteiger partial charge in [0, 0.05) is 31.4 Å². The summed E-state index contributed by atoms with van der Waals surface area (Å²) in [5.74, 6) is 1.60. The third-order valence-corrected chi connectivity index (χ3v) is 4.16. The Balaban J connectivity index is 1.85. The van der Waals surface area contributed by atoms with E-state index in [0.29, 0.717) is 12.0 Å². The molecule has 0 saturated carbocycles. The second-order valence-corrected chi connectivity index (χ2v) is 5.80. The van der Waals surface area contributed by atoms with Gasteiger partial charge < -0.3 is 5.73 Å². The summed E-state index contributed by atoms with van der Waals surface area (Å²) >= 11 is 0. The maximum atomic E-state index is 6.11. The Morgan fingerprint density at radius 2 is 2.00 bits per heavy atom. The summed E-state index contributed by atoms with van der Waals surface area (Å²) in [5.41, 5.74) is 8.52. The lowest BCUT2D eigenvalue weighted by Gasteiger charge is -2.17. The zero-order valence-corrected chi connectivity index (χ0v) is 12.2.